The van der Waals surface area contributed by atoms with Crippen LogP contribution >= 0.6 is 11.6 Å². The molecule has 0 amide bonds. The summed E-state index contributed by atoms with van der Waals surface area (Å²) in [6.45, 7) is 2.16. The molecule has 0 saturated heterocycles. The van der Waals surface area contributed by atoms with Crippen LogP contribution in [0.15, 0.2) is 0 Å². The quantitative estimate of drug-likeness (QED) is 0.568. The summed E-state index contributed by atoms with van der Waals surface area (Å²) in [5.74, 6) is 1.64. The van der Waals surface area contributed by atoms with E-state index in [0.29, 0.717) is 0 Å². The summed E-state index contributed by atoms with van der Waals surface area (Å²) < 4.78 is 0. The first kappa shape index (κ1) is 15.3. The lowest BCUT2D eigenvalue weighted by molar-refractivity contribution is 0.379. The van der Waals surface area contributed by atoms with E-state index in [2.05, 4.69) is 5.32 Å². The van der Waals surface area contributed by atoms with E-state index in [0.717, 1.165) is 18.3 Å². The fraction of sp³-hybridized carbons (Fsp3) is 1.00. The van der Waals surface area contributed by atoms with E-state index in [1.807, 2.05) is 0 Å². The summed E-state index contributed by atoms with van der Waals surface area (Å²) in [6.07, 6.45) is 16.0. The van der Waals surface area contributed by atoms with Crippen molar-refractivity contribution in [2.24, 2.45) is 5.92 Å². The van der Waals surface area contributed by atoms with Crippen molar-refractivity contribution in [3.63, 3.8) is 0 Å². The molecule has 1 aliphatic rings. The Bertz CT molecular complexity index is 149. The molecule has 1 rings (SSSR count). The first-order chi connectivity index (χ1) is 8.43. The van der Waals surface area contributed by atoms with Gasteiger partial charge in [0.05, 0.1) is 0 Å². The molecular formula is C15H30ClN. The van der Waals surface area contributed by atoms with E-state index >= 15 is 0 Å². The molecule has 0 aromatic rings. The van der Waals surface area contributed by atoms with Crippen LogP contribution in [0.1, 0.15) is 70.6 Å². The Labute approximate surface area is 113 Å². The van der Waals surface area contributed by atoms with Crippen LogP contribution in [-0.4, -0.2) is 19.0 Å². The third-order valence-corrected chi connectivity index (χ3v) is 4.12. The molecule has 1 saturated carbocycles. The number of nitrogens with one attached hydrogen (secondary N) is 1. The van der Waals surface area contributed by atoms with Crippen LogP contribution in [0.25, 0.3) is 0 Å². The highest BCUT2D eigenvalue weighted by molar-refractivity contribution is 6.18. The second-order valence-corrected chi connectivity index (χ2v) is 5.90. The zero-order valence-corrected chi connectivity index (χ0v) is 12.1. The number of halogens is 1. The molecule has 1 fully saturated rings. The highest BCUT2D eigenvalue weighted by atomic mass is 35.5. The molecule has 0 heterocycles. The van der Waals surface area contributed by atoms with Crippen LogP contribution in [-0.2, 0) is 0 Å². The minimum atomic E-state index is 0.743. The van der Waals surface area contributed by atoms with E-state index in [1.54, 1.807) is 0 Å². The third-order valence-electron chi connectivity index (χ3n) is 3.93. The maximum Gasteiger partial charge on any atom is 0.0348 e. The second kappa shape index (κ2) is 11.3. The Hall–Kier alpha value is 0.250. The van der Waals surface area contributed by atoms with Gasteiger partial charge in [-0.3, -0.25) is 0 Å². The first-order valence-electron chi connectivity index (χ1n) is 7.70. The predicted molar refractivity (Wildman–Crippen MR) is 77.9 cm³/mol. The van der Waals surface area contributed by atoms with Crippen LogP contribution < -0.4 is 5.32 Å². The van der Waals surface area contributed by atoms with E-state index in [1.165, 1.54) is 77.2 Å². The van der Waals surface area contributed by atoms with Crippen molar-refractivity contribution in [1.29, 1.82) is 0 Å². The minimum absolute atomic E-state index is 0.743. The van der Waals surface area contributed by atoms with Crippen molar-refractivity contribution in [2.75, 3.05) is 19.0 Å². The normalized spacial score (nSPS) is 21.7. The number of hydrogen-bond donors (Lipinski definition) is 1. The molecule has 102 valence electrons. The molecule has 0 unspecified atom stereocenters. The van der Waals surface area contributed by atoms with E-state index in [-0.39, 0.29) is 0 Å². The smallest absolute Gasteiger partial charge is 0.0348 e. The van der Waals surface area contributed by atoms with Crippen molar-refractivity contribution in [1.82, 2.24) is 5.32 Å². The van der Waals surface area contributed by atoms with Gasteiger partial charge in [-0.05, 0) is 25.3 Å². The fourth-order valence-electron chi connectivity index (χ4n) is 2.82. The van der Waals surface area contributed by atoms with Gasteiger partial charge in [-0.15, -0.1) is 11.6 Å². The van der Waals surface area contributed by atoms with Gasteiger partial charge in [-0.1, -0.05) is 57.8 Å². The molecule has 1 nitrogen and oxygen atoms in total. The van der Waals surface area contributed by atoms with Crippen molar-refractivity contribution in [2.45, 2.75) is 70.6 Å². The Morgan fingerprint density at radius 2 is 1.24 bits per heavy atom. The van der Waals surface area contributed by atoms with Gasteiger partial charge in [0.25, 0.3) is 0 Å². The van der Waals surface area contributed by atoms with E-state index < -0.39 is 0 Å². The fourth-order valence-corrected chi connectivity index (χ4v) is 2.96. The molecule has 2 heteroatoms. The van der Waals surface area contributed by atoms with Gasteiger partial charge >= 0.3 is 0 Å². The van der Waals surface area contributed by atoms with E-state index in [9.17, 15) is 0 Å². The summed E-state index contributed by atoms with van der Waals surface area (Å²) in [7, 11) is 0. The molecule has 0 radical (unpaired) electrons. The van der Waals surface area contributed by atoms with Crippen LogP contribution in [0.4, 0.5) is 0 Å². The zero-order valence-electron chi connectivity index (χ0n) is 11.4. The molecule has 0 aromatic carbocycles. The molecule has 0 aliphatic heterocycles. The number of alkyl halides is 1. The lowest BCUT2D eigenvalue weighted by Gasteiger charge is -2.18. The first-order valence-corrected chi connectivity index (χ1v) is 8.23. The topological polar surface area (TPSA) is 12.0 Å². The Kier molecular flexibility index (Phi) is 10.2. The van der Waals surface area contributed by atoms with Crippen LogP contribution in [0.2, 0.25) is 0 Å². The molecule has 1 aliphatic carbocycles. The van der Waals surface area contributed by atoms with Gasteiger partial charge in [0.1, 0.15) is 0 Å². The van der Waals surface area contributed by atoms with Gasteiger partial charge in [-0.25, -0.2) is 0 Å². The number of rotatable bonds is 4. The molecule has 0 atom stereocenters. The summed E-state index contributed by atoms with van der Waals surface area (Å²) in [6, 6.07) is 0. The van der Waals surface area contributed by atoms with Gasteiger partial charge in [0, 0.05) is 12.4 Å². The zero-order chi connectivity index (χ0) is 12.2. The van der Waals surface area contributed by atoms with Gasteiger partial charge in [0.15, 0.2) is 0 Å². The standard InChI is InChI=1S/C15H30ClN/c16-12-13-17-14-15-10-8-6-4-2-1-3-5-7-9-11-15/h15,17H,1-14H2. The average Bonchev–Trinajstić information content (AvgIpc) is 2.32. The maximum atomic E-state index is 5.70. The van der Waals surface area contributed by atoms with Crippen molar-refractivity contribution >= 4 is 11.6 Å². The van der Waals surface area contributed by atoms with Gasteiger partial charge < -0.3 is 5.32 Å². The second-order valence-electron chi connectivity index (χ2n) is 5.52. The Morgan fingerprint density at radius 1 is 0.765 bits per heavy atom. The molecule has 1 N–H and O–H groups in total. The minimum Gasteiger partial charge on any atom is -0.315 e. The summed E-state index contributed by atoms with van der Waals surface area (Å²) >= 11 is 5.70. The Morgan fingerprint density at radius 3 is 1.71 bits per heavy atom. The molecule has 0 spiro atoms. The summed E-state index contributed by atoms with van der Waals surface area (Å²) in [5, 5.41) is 3.49. The van der Waals surface area contributed by atoms with Crippen molar-refractivity contribution < 1.29 is 0 Å². The number of hydrogen-bond acceptors (Lipinski definition) is 1. The van der Waals surface area contributed by atoms with Gasteiger partial charge in [-0.2, -0.15) is 0 Å². The lowest BCUT2D eigenvalue weighted by Crippen LogP contribution is -2.24. The van der Waals surface area contributed by atoms with Crippen LogP contribution in [0, 0.1) is 5.92 Å². The predicted octanol–water partition coefficient (Wildman–Crippen LogP) is 4.74. The SMILES string of the molecule is ClCCNCC1CCCCCCCCCCC1. The van der Waals surface area contributed by atoms with Gasteiger partial charge in [0.2, 0.25) is 0 Å². The summed E-state index contributed by atoms with van der Waals surface area (Å²) in [4.78, 5) is 0. The molecule has 0 aromatic heterocycles. The van der Waals surface area contributed by atoms with Crippen molar-refractivity contribution in [3.8, 4) is 0 Å². The largest absolute Gasteiger partial charge is 0.315 e. The summed E-state index contributed by atoms with van der Waals surface area (Å²) in [5.41, 5.74) is 0. The molecule has 0 bridgehead atoms. The van der Waals surface area contributed by atoms with E-state index in [4.69, 9.17) is 11.6 Å². The molecular weight excluding hydrogens is 230 g/mol. The van der Waals surface area contributed by atoms with Crippen LogP contribution in [0.3, 0.4) is 0 Å². The lowest BCUT2D eigenvalue weighted by atomic mass is 9.93. The average molecular weight is 260 g/mol. The third kappa shape index (κ3) is 8.90. The molecule has 17 heavy (non-hydrogen) atoms. The monoisotopic (exact) mass is 259 g/mol. The Balaban J connectivity index is 2.17. The highest BCUT2D eigenvalue weighted by Crippen LogP contribution is 2.20. The van der Waals surface area contributed by atoms with Crippen molar-refractivity contribution in [3.05, 3.63) is 0 Å². The van der Waals surface area contributed by atoms with Crippen LogP contribution in [0.5, 0.6) is 0 Å². The highest BCUT2D eigenvalue weighted by Gasteiger charge is 2.08. The maximum absolute atomic E-state index is 5.70.